The summed E-state index contributed by atoms with van der Waals surface area (Å²) in [7, 11) is -3.73. The minimum absolute atomic E-state index is 0.133. The number of carbonyl (C=O) groups is 1. The molecule has 2 aromatic carbocycles. The molecule has 1 aliphatic rings. The van der Waals surface area contributed by atoms with Crippen molar-refractivity contribution in [3.8, 4) is 11.4 Å². The van der Waals surface area contributed by atoms with Crippen LogP contribution in [0.2, 0.25) is 0 Å². The first-order chi connectivity index (χ1) is 15.5. The van der Waals surface area contributed by atoms with Gasteiger partial charge in [-0.15, -0.1) is 5.10 Å². The molecular formula is C21H24N6O4S. The number of carbonyl (C=O) groups excluding carboxylic acids is 1. The maximum absolute atomic E-state index is 13.2. The Kier molecular flexibility index (Phi) is 6.47. The van der Waals surface area contributed by atoms with E-state index in [2.05, 4.69) is 20.8 Å². The van der Waals surface area contributed by atoms with Gasteiger partial charge in [-0.25, -0.2) is 13.1 Å². The number of aromatic nitrogens is 4. The summed E-state index contributed by atoms with van der Waals surface area (Å²) < 4.78 is 34.6. The predicted molar refractivity (Wildman–Crippen MR) is 117 cm³/mol. The Hall–Kier alpha value is -3.31. The van der Waals surface area contributed by atoms with Gasteiger partial charge in [-0.2, -0.15) is 4.31 Å². The molecule has 32 heavy (non-hydrogen) atoms. The van der Waals surface area contributed by atoms with Crippen LogP contribution in [0.3, 0.4) is 0 Å². The van der Waals surface area contributed by atoms with Gasteiger partial charge < -0.3 is 10.1 Å². The van der Waals surface area contributed by atoms with Gasteiger partial charge in [-0.05, 0) is 66.6 Å². The Morgan fingerprint density at radius 1 is 1.22 bits per heavy atom. The average molecular weight is 457 g/mol. The Bertz CT molecular complexity index is 1170. The lowest BCUT2D eigenvalue weighted by atomic mass is 9.98. The number of sulfonamides is 1. The molecule has 1 atom stereocenters. The fourth-order valence-corrected chi connectivity index (χ4v) is 5.17. The molecule has 0 unspecified atom stereocenters. The zero-order chi connectivity index (χ0) is 22.6. The Balaban J connectivity index is 1.44. The number of hydrogen-bond donors (Lipinski definition) is 1. The molecule has 4 rings (SSSR count). The number of tetrazole rings is 1. The summed E-state index contributed by atoms with van der Waals surface area (Å²) in [6.07, 6.45) is 2.67. The van der Waals surface area contributed by atoms with Crippen molar-refractivity contribution in [2.45, 2.75) is 24.7 Å². The zero-order valence-electron chi connectivity index (χ0n) is 17.6. The van der Waals surface area contributed by atoms with Gasteiger partial charge >= 0.3 is 0 Å². The van der Waals surface area contributed by atoms with Gasteiger partial charge in [0.25, 0.3) is 0 Å². The van der Waals surface area contributed by atoms with Crippen LogP contribution in [0.15, 0.2) is 59.8 Å². The molecule has 10 nitrogen and oxygen atoms in total. The van der Waals surface area contributed by atoms with E-state index in [0.717, 1.165) is 0 Å². The third kappa shape index (κ3) is 4.78. The highest BCUT2D eigenvalue weighted by Crippen LogP contribution is 2.26. The van der Waals surface area contributed by atoms with Gasteiger partial charge in [-0.1, -0.05) is 6.07 Å². The van der Waals surface area contributed by atoms with Gasteiger partial charge in [0.1, 0.15) is 12.1 Å². The van der Waals surface area contributed by atoms with Crippen LogP contribution in [0, 0.1) is 5.92 Å². The summed E-state index contributed by atoms with van der Waals surface area (Å²) in [6, 6.07) is 13.5. The predicted octanol–water partition coefficient (Wildman–Crippen LogP) is 2.10. The maximum atomic E-state index is 13.2. The van der Waals surface area contributed by atoms with Crippen molar-refractivity contribution in [3.63, 3.8) is 0 Å². The number of amides is 1. The lowest BCUT2D eigenvalue weighted by Crippen LogP contribution is -2.43. The summed E-state index contributed by atoms with van der Waals surface area (Å²) in [4.78, 5) is 13.0. The van der Waals surface area contributed by atoms with E-state index in [1.54, 1.807) is 30.3 Å². The molecule has 0 bridgehead atoms. The van der Waals surface area contributed by atoms with E-state index in [1.165, 1.54) is 27.4 Å². The van der Waals surface area contributed by atoms with Crippen LogP contribution in [0.25, 0.3) is 5.69 Å². The number of benzene rings is 2. The third-order valence-electron chi connectivity index (χ3n) is 5.26. The first-order valence-electron chi connectivity index (χ1n) is 10.3. The van der Waals surface area contributed by atoms with Crippen molar-refractivity contribution in [1.29, 1.82) is 0 Å². The minimum atomic E-state index is -3.73. The SMILES string of the molecule is CCOc1cccc(NC(=O)[C@H]2CCCN(S(=O)(=O)c3ccc(-n4cnnn4)cc3)C2)c1. The monoisotopic (exact) mass is 456 g/mol. The highest BCUT2D eigenvalue weighted by molar-refractivity contribution is 7.89. The lowest BCUT2D eigenvalue weighted by Gasteiger charge is -2.31. The summed E-state index contributed by atoms with van der Waals surface area (Å²) in [5, 5.41) is 13.8. The molecule has 1 saturated heterocycles. The summed E-state index contributed by atoms with van der Waals surface area (Å²) in [6.45, 7) is 2.93. The molecule has 0 saturated carbocycles. The van der Waals surface area contributed by atoms with Gasteiger partial charge in [0.15, 0.2) is 0 Å². The second-order valence-corrected chi connectivity index (χ2v) is 9.34. The van der Waals surface area contributed by atoms with Crippen molar-refractivity contribution >= 4 is 21.6 Å². The molecular weight excluding hydrogens is 432 g/mol. The van der Waals surface area contributed by atoms with Gasteiger partial charge in [0, 0.05) is 24.8 Å². The molecule has 1 aliphatic heterocycles. The average Bonchev–Trinajstić information content (AvgIpc) is 3.35. The molecule has 2 heterocycles. The molecule has 1 amide bonds. The number of piperidine rings is 1. The van der Waals surface area contributed by atoms with E-state index in [9.17, 15) is 13.2 Å². The highest BCUT2D eigenvalue weighted by atomic mass is 32.2. The van der Waals surface area contributed by atoms with Crippen LogP contribution < -0.4 is 10.1 Å². The molecule has 1 fully saturated rings. The number of ether oxygens (including phenoxy) is 1. The van der Waals surface area contributed by atoms with Crippen molar-refractivity contribution in [1.82, 2.24) is 24.5 Å². The van der Waals surface area contributed by atoms with Gasteiger partial charge in [0.2, 0.25) is 15.9 Å². The fraction of sp³-hybridized carbons (Fsp3) is 0.333. The van der Waals surface area contributed by atoms with Crippen molar-refractivity contribution in [2.24, 2.45) is 5.92 Å². The number of nitrogens with zero attached hydrogens (tertiary/aromatic N) is 5. The lowest BCUT2D eigenvalue weighted by molar-refractivity contribution is -0.120. The quantitative estimate of drug-likeness (QED) is 0.578. The summed E-state index contributed by atoms with van der Waals surface area (Å²) in [5.74, 6) is 0.0330. The topological polar surface area (TPSA) is 119 Å². The van der Waals surface area contributed by atoms with Crippen LogP contribution in [0.1, 0.15) is 19.8 Å². The fourth-order valence-electron chi connectivity index (χ4n) is 3.65. The van der Waals surface area contributed by atoms with E-state index >= 15 is 0 Å². The first-order valence-corrected chi connectivity index (χ1v) is 11.8. The standard InChI is InChI=1S/C21H24N6O4S/c1-2-31-19-7-3-6-17(13-19)23-21(28)16-5-4-12-26(14-16)32(29,30)20-10-8-18(9-11-20)27-15-22-24-25-27/h3,6-11,13,15-16H,2,4-5,12,14H2,1H3,(H,23,28)/t16-/m0/s1. The van der Waals surface area contributed by atoms with E-state index < -0.39 is 15.9 Å². The van der Waals surface area contributed by atoms with E-state index in [-0.39, 0.29) is 17.3 Å². The van der Waals surface area contributed by atoms with Crippen molar-refractivity contribution in [2.75, 3.05) is 25.0 Å². The number of rotatable bonds is 7. The summed E-state index contributed by atoms with van der Waals surface area (Å²) in [5.41, 5.74) is 1.28. The van der Waals surface area contributed by atoms with Crippen LogP contribution in [-0.4, -0.2) is 58.5 Å². The molecule has 0 radical (unpaired) electrons. The van der Waals surface area contributed by atoms with Crippen LogP contribution in [-0.2, 0) is 14.8 Å². The second-order valence-electron chi connectivity index (χ2n) is 7.40. The molecule has 1 N–H and O–H groups in total. The Morgan fingerprint density at radius 2 is 2.03 bits per heavy atom. The van der Waals surface area contributed by atoms with Crippen LogP contribution >= 0.6 is 0 Å². The van der Waals surface area contributed by atoms with E-state index in [1.807, 2.05) is 13.0 Å². The molecule has 0 spiro atoms. The molecule has 1 aromatic heterocycles. The van der Waals surface area contributed by atoms with Crippen LogP contribution in [0.5, 0.6) is 5.75 Å². The van der Waals surface area contributed by atoms with Gasteiger partial charge in [0.05, 0.1) is 23.1 Å². The number of anilines is 1. The largest absolute Gasteiger partial charge is 0.494 e. The minimum Gasteiger partial charge on any atom is -0.494 e. The molecule has 11 heteroatoms. The Labute approximate surface area is 186 Å². The third-order valence-corrected chi connectivity index (χ3v) is 7.13. The van der Waals surface area contributed by atoms with Gasteiger partial charge in [-0.3, -0.25) is 4.79 Å². The van der Waals surface area contributed by atoms with Crippen LogP contribution in [0.4, 0.5) is 5.69 Å². The molecule has 0 aliphatic carbocycles. The highest BCUT2D eigenvalue weighted by Gasteiger charge is 2.33. The van der Waals surface area contributed by atoms with Crippen molar-refractivity contribution in [3.05, 3.63) is 54.9 Å². The summed E-state index contributed by atoms with van der Waals surface area (Å²) >= 11 is 0. The molecule has 168 valence electrons. The first kappa shape index (κ1) is 21.9. The molecule has 3 aromatic rings. The Morgan fingerprint density at radius 3 is 2.75 bits per heavy atom. The smallest absolute Gasteiger partial charge is 0.243 e. The second kappa shape index (κ2) is 9.45. The normalized spacial score (nSPS) is 17.1. The van der Waals surface area contributed by atoms with E-state index in [0.29, 0.717) is 43.1 Å². The number of nitrogens with one attached hydrogen (secondary N) is 1. The zero-order valence-corrected chi connectivity index (χ0v) is 18.4. The van der Waals surface area contributed by atoms with Crippen molar-refractivity contribution < 1.29 is 17.9 Å². The van der Waals surface area contributed by atoms with E-state index in [4.69, 9.17) is 4.74 Å². The maximum Gasteiger partial charge on any atom is 0.243 e. The number of hydrogen-bond acceptors (Lipinski definition) is 7.